The van der Waals surface area contributed by atoms with Gasteiger partial charge in [-0.25, -0.2) is 4.98 Å². The van der Waals surface area contributed by atoms with Crippen molar-refractivity contribution >= 4 is 17.1 Å². The molecule has 0 amide bonds. The Bertz CT molecular complexity index is 777. The van der Waals surface area contributed by atoms with E-state index in [1.165, 1.54) is 6.33 Å². The van der Waals surface area contributed by atoms with E-state index >= 15 is 0 Å². The summed E-state index contributed by atoms with van der Waals surface area (Å²) in [4.78, 5) is 28.1. The molecule has 2 aromatic heterocycles. The van der Waals surface area contributed by atoms with Crippen molar-refractivity contribution in [3.8, 4) is 0 Å². The second kappa shape index (κ2) is 7.45. The van der Waals surface area contributed by atoms with Gasteiger partial charge in [-0.05, 0) is 6.42 Å². The van der Waals surface area contributed by atoms with Crippen molar-refractivity contribution < 1.29 is 19.0 Å². The highest BCUT2D eigenvalue weighted by molar-refractivity contribution is 5.70. The van der Waals surface area contributed by atoms with Crippen LogP contribution in [0.1, 0.15) is 19.6 Å². The Morgan fingerprint density at radius 1 is 1.40 bits per heavy atom. The van der Waals surface area contributed by atoms with Crippen LogP contribution in [-0.4, -0.2) is 64.5 Å². The van der Waals surface area contributed by atoms with Crippen molar-refractivity contribution in [3.05, 3.63) is 16.7 Å². The first-order valence-corrected chi connectivity index (χ1v) is 7.91. The Morgan fingerprint density at radius 3 is 2.88 bits per heavy atom. The number of methoxy groups -OCH3 is 1. The van der Waals surface area contributed by atoms with E-state index in [1.54, 1.807) is 23.8 Å². The van der Waals surface area contributed by atoms with Crippen LogP contribution in [0.2, 0.25) is 0 Å². The number of fused-ring (bicyclic) bond motifs is 1. The minimum absolute atomic E-state index is 0.00439. The molecule has 25 heavy (non-hydrogen) atoms. The van der Waals surface area contributed by atoms with Crippen LogP contribution in [0.3, 0.4) is 0 Å². The second-order valence-electron chi connectivity index (χ2n) is 5.46. The lowest BCUT2D eigenvalue weighted by Crippen LogP contribution is -2.39. The van der Waals surface area contributed by atoms with Crippen LogP contribution in [0, 0.1) is 0 Å². The molecule has 3 rings (SSSR count). The molecule has 11 nitrogen and oxygen atoms in total. The fourth-order valence-electron chi connectivity index (χ4n) is 2.82. The fourth-order valence-corrected chi connectivity index (χ4v) is 2.82. The molecule has 0 radical (unpaired) electrons. The molecule has 1 aliphatic heterocycles. The number of hydrogen-bond acceptors (Lipinski definition) is 9. The average molecular weight is 354 g/mol. The number of aromatic amines is 1. The van der Waals surface area contributed by atoms with Crippen LogP contribution in [0.15, 0.2) is 11.1 Å². The number of anilines is 1. The number of nitrogens with two attached hydrogens (primary N) is 1. The Hall–Kier alpha value is -2.05. The van der Waals surface area contributed by atoms with Crippen molar-refractivity contribution in [2.45, 2.75) is 32.0 Å². The van der Waals surface area contributed by atoms with Crippen LogP contribution in [0.4, 0.5) is 5.95 Å². The summed E-state index contributed by atoms with van der Waals surface area (Å²) < 4.78 is 18.6. The molecule has 3 unspecified atom stereocenters. The van der Waals surface area contributed by atoms with Crippen molar-refractivity contribution in [1.82, 2.24) is 24.6 Å². The quantitative estimate of drug-likeness (QED) is 0.650. The van der Waals surface area contributed by atoms with Crippen molar-refractivity contribution in [3.63, 3.8) is 0 Å². The van der Waals surface area contributed by atoms with E-state index in [-0.39, 0.29) is 17.7 Å². The van der Waals surface area contributed by atoms with Gasteiger partial charge in [0, 0.05) is 7.11 Å². The zero-order valence-electron chi connectivity index (χ0n) is 14.3. The molecular formula is C14H22N6O5. The normalized spacial score (nSPS) is 24.4. The van der Waals surface area contributed by atoms with E-state index < -0.39 is 18.0 Å². The van der Waals surface area contributed by atoms with Gasteiger partial charge in [0.25, 0.3) is 5.56 Å². The lowest BCUT2D eigenvalue weighted by molar-refractivity contribution is -0.249. The Morgan fingerprint density at radius 2 is 2.20 bits per heavy atom. The number of nitrogens with one attached hydrogen (secondary N) is 1. The van der Waals surface area contributed by atoms with Crippen LogP contribution in [0.25, 0.3) is 11.2 Å². The molecule has 0 spiro atoms. The predicted octanol–water partition coefficient (Wildman–Crippen LogP) is -0.181. The highest BCUT2D eigenvalue weighted by Crippen LogP contribution is 2.34. The smallest absolute Gasteiger partial charge is 0.280 e. The number of hydroxylamine groups is 2. The minimum Gasteiger partial charge on any atom is -0.382 e. The zero-order chi connectivity index (χ0) is 18.0. The SMILES string of the molecule is CCC1OC(n2cnc3c(=O)[nH]c(N)nc32)C(OCCOC)N1OC. The maximum atomic E-state index is 12.0. The van der Waals surface area contributed by atoms with Gasteiger partial charge in [-0.1, -0.05) is 6.92 Å². The van der Waals surface area contributed by atoms with Gasteiger partial charge in [-0.15, -0.1) is 5.06 Å². The van der Waals surface area contributed by atoms with E-state index in [0.29, 0.717) is 25.3 Å². The molecule has 0 bridgehead atoms. The molecule has 138 valence electrons. The number of ether oxygens (including phenoxy) is 3. The summed E-state index contributed by atoms with van der Waals surface area (Å²) in [5.74, 6) is 0.00439. The van der Waals surface area contributed by atoms with Gasteiger partial charge in [0.1, 0.15) is 6.23 Å². The average Bonchev–Trinajstić information content (AvgIpc) is 3.15. The summed E-state index contributed by atoms with van der Waals surface area (Å²) in [6.07, 6.45) is 0.664. The Kier molecular flexibility index (Phi) is 5.30. The van der Waals surface area contributed by atoms with Gasteiger partial charge in [0.15, 0.2) is 23.6 Å². The van der Waals surface area contributed by atoms with Crippen molar-refractivity contribution in [2.24, 2.45) is 0 Å². The summed E-state index contributed by atoms with van der Waals surface area (Å²) in [5, 5.41) is 1.63. The molecule has 0 aromatic carbocycles. The third kappa shape index (κ3) is 3.24. The van der Waals surface area contributed by atoms with Gasteiger partial charge < -0.3 is 19.9 Å². The summed E-state index contributed by atoms with van der Waals surface area (Å²) >= 11 is 0. The summed E-state index contributed by atoms with van der Waals surface area (Å²) in [5.41, 5.74) is 5.75. The minimum atomic E-state index is -0.611. The molecule has 1 fully saturated rings. The molecule has 3 heterocycles. The number of H-pyrrole nitrogens is 1. The monoisotopic (exact) mass is 354 g/mol. The lowest BCUT2D eigenvalue weighted by atomic mass is 10.4. The molecule has 3 N–H and O–H groups in total. The first kappa shape index (κ1) is 17.8. The number of rotatable bonds is 7. The molecule has 2 aromatic rings. The topological polar surface area (TPSA) is 130 Å². The van der Waals surface area contributed by atoms with Crippen LogP contribution >= 0.6 is 0 Å². The Balaban J connectivity index is 1.99. The first-order chi connectivity index (χ1) is 12.1. The molecule has 11 heteroatoms. The largest absolute Gasteiger partial charge is 0.382 e. The number of nitrogen functional groups attached to an aromatic ring is 1. The van der Waals surface area contributed by atoms with E-state index in [0.717, 1.165) is 0 Å². The third-order valence-electron chi connectivity index (χ3n) is 3.94. The first-order valence-electron chi connectivity index (χ1n) is 7.91. The summed E-state index contributed by atoms with van der Waals surface area (Å²) in [6.45, 7) is 2.74. The van der Waals surface area contributed by atoms with E-state index in [2.05, 4.69) is 15.0 Å². The number of imidazole rings is 1. The van der Waals surface area contributed by atoms with Gasteiger partial charge in [0.2, 0.25) is 5.95 Å². The number of nitrogens with zero attached hydrogens (tertiary/aromatic N) is 4. The van der Waals surface area contributed by atoms with Gasteiger partial charge in [0.05, 0.1) is 26.7 Å². The lowest BCUT2D eigenvalue weighted by Gasteiger charge is -2.26. The molecule has 3 atom stereocenters. The van der Waals surface area contributed by atoms with Gasteiger partial charge in [-0.2, -0.15) is 4.98 Å². The summed E-state index contributed by atoms with van der Waals surface area (Å²) in [6, 6.07) is 0. The second-order valence-corrected chi connectivity index (χ2v) is 5.46. The molecular weight excluding hydrogens is 332 g/mol. The van der Waals surface area contributed by atoms with E-state index in [1.807, 2.05) is 6.92 Å². The van der Waals surface area contributed by atoms with Gasteiger partial charge in [-0.3, -0.25) is 19.2 Å². The molecule has 0 saturated carbocycles. The number of hydrogen-bond donors (Lipinski definition) is 2. The summed E-state index contributed by atoms with van der Waals surface area (Å²) in [7, 11) is 3.14. The van der Waals surface area contributed by atoms with Gasteiger partial charge >= 0.3 is 0 Å². The highest BCUT2D eigenvalue weighted by atomic mass is 16.8. The van der Waals surface area contributed by atoms with Crippen molar-refractivity contribution in [1.29, 1.82) is 0 Å². The number of aromatic nitrogens is 4. The fraction of sp³-hybridized carbons (Fsp3) is 0.643. The van der Waals surface area contributed by atoms with E-state index in [9.17, 15) is 4.79 Å². The maximum absolute atomic E-state index is 12.0. The third-order valence-corrected chi connectivity index (χ3v) is 3.94. The molecule has 1 aliphatic rings. The predicted molar refractivity (Wildman–Crippen MR) is 87.2 cm³/mol. The maximum Gasteiger partial charge on any atom is 0.280 e. The van der Waals surface area contributed by atoms with E-state index in [4.69, 9.17) is 24.8 Å². The highest BCUT2D eigenvalue weighted by Gasteiger charge is 2.45. The van der Waals surface area contributed by atoms with Crippen LogP contribution in [0.5, 0.6) is 0 Å². The molecule has 1 saturated heterocycles. The van der Waals surface area contributed by atoms with Crippen LogP contribution in [-0.2, 0) is 19.0 Å². The Labute approximate surface area is 143 Å². The molecule has 0 aliphatic carbocycles. The van der Waals surface area contributed by atoms with Crippen molar-refractivity contribution in [2.75, 3.05) is 33.2 Å². The zero-order valence-corrected chi connectivity index (χ0v) is 14.3. The standard InChI is InChI=1S/C14H22N6O5/c1-4-8-20(23-3)13(24-6-5-22-2)12(25-8)19-7-16-9-10(19)17-14(15)18-11(9)21/h7-8,12-13H,4-6H2,1-3H3,(H3,15,17,18,21). The van der Waals surface area contributed by atoms with Crippen LogP contribution < -0.4 is 11.3 Å².